The van der Waals surface area contributed by atoms with Crippen molar-refractivity contribution in [3.05, 3.63) is 64.8 Å². The van der Waals surface area contributed by atoms with Gasteiger partial charge in [-0.25, -0.2) is 9.97 Å². The van der Waals surface area contributed by atoms with Gasteiger partial charge in [-0.05, 0) is 24.3 Å². The van der Waals surface area contributed by atoms with Crippen LogP contribution in [0.1, 0.15) is 16.1 Å². The van der Waals surface area contributed by atoms with Gasteiger partial charge in [0.05, 0.1) is 17.6 Å². The summed E-state index contributed by atoms with van der Waals surface area (Å²) in [7, 11) is 0. The van der Waals surface area contributed by atoms with E-state index < -0.39 is 12.5 Å². The minimum Gasteiger partial charge on any atom is -0.434 e. The van der Waals surface area contributed by atoms with Crippen LogP contribution in [0, 0.1) is 5.41 Å². The molecular formula is C17H13ClF2N6O2. The SMILES string of the molecule is N=C(/C(=C\N)NC(=O)c1cnc2[nH]ccc2n1)c1cc(Cl)ccc1OC(F)F. The molecule has 0 aliphatic heterocycles. The Morgan fingerprint density at radius 1 is 1.39 bits per heavy atom. The summed E-state index contributed by atoms with van der Waals surface area (Å²) in [5, 5.41) is 10.8. The van der Waals surface area contributed by atoms with Gasteiger partial charge in [-0.3, -0.25) is 10.2 Å². The Kier molecular flexibility index (Phi) is 5.50. The van der Waals surface area contributed by atoms with E-state index in [2.05, 4.69) is 25.0 Å². The lowest BCUT2D eigenvalue weighted by molar-refractivity contribution is -0.0499. The molecule has 28 heavy (non-hydrogen) atoms. The Morgan fingerprint density at radius 2 is 2.18 bits per heavy atom. The van der Waals surface area contributed by atoms with E-state index in [0.717, 1.165) is 6.20 Å². The van der Waals surface area contributed by atoms with Crippen LogP contribution in [0.4, 0.5) is 8.78 Å². The van der Waals surface area contributed by atoms with Gasteiger partial charge in [-0.15, -0.1) is 0 Å². The quantitative estimate of drug-likeness (QED) is 0.468. The van der Waals surface area contributed by atoms with Crippen LogP contribution in [-0.2, 0) is 0 Å². The highest BCUT2D eigenvalue weighted by Gasteiger charge is 2.19. The highest BCUT2D eigenvalue weighted by atomic mass is 35.5. The number of benzene rings is 1. The Morgan fingerprint density at radius 3 is 2.89 bits per heavy atom. The number of carbonyl (C=O) groups excluding carboxylic acids is 1. The second kappa shape index (κ2) is 8.01. The first kappa shape index (κ1) is 19.2. The molecule has 0 radical (unpaired) electrons. The number of amides is 1. The van der Waals surface area contributed by atoms with Gasteiger partial charge in [-0.2, -0.15) is 8.78 Å². The number of aromatic nitrogens is 3. The van der Waals surface area contributed by atoms with E-state index in [-0.39, 0.29) is 33.4 Å². The highest BCUT2D eigenvalue weighted by molar-refractivity contribution is 6.31. The third-order valence-electron chi connectivity index (χ3n) is 3.60. The maximum Gasteiger partial charge on any atom is 0.387 e. The average molecular weight is 407 g/mol. The molecule has 0 fully saturated rings. The molecule has 0 aliphatic carbocycles. The van der Waals surface area contributed by atoms with Crippen LogP contribution in [-0.4, -0.2) is 33.2 Å². The van der Waals surface area contributed by atoms with Crippen LogP contribution < -0.4 is 15.8 Å². The predicted molar refractivity (Wildman–Crippen MR) is 98.5 cm³/mol. The fraction of sp³-hybridized carbons (Fsp3) is 0.0588. The molecule has 144 valence electrons. The topological polar surface area (TPSA) is 130 Å². The van der Waals surface area contributed by atoms with Gasteiger partial charge in [0.25, 0.3) is 5.91 Å². The summed E-state index contributed by atoms with van der Waals surface area (Å²) in [4.78, 5) is 23.5. The molecule has 1 amide bonds. The van der Waals surface area contributed by atoms with Crippen molar-refractivity contribution < 1.29 is 18.3 Å². The summed E-state index contributed by atoms with van der Waals surface area (Å²) in [5.74, 6) is -0.970. The number of ether oxygens (including phenoxy) is 1. The predicted octanol–water partition coefficient (Wildman–Crippen LogP) is 2.81. The number of alkyl halides is 2. The van der Waals surface area contributed by atoms with Crippen molar-refractivity contribution in [1.29, 1.82) is 5.41 Å². The summed E-state index contributed by atoms with van der Waals surface area (Å²) in [5.41, 5.74) is 5.89. The Balaban J connectivity index is 1.86. The first-order chi connectivity index (χ1) is 13.4. The number of aromatic amines is 1. The Labute approximate surface area is 161 Å². The number of rotatable bonds is 6. The van der Waals surface area contributed by atoms with Crippen LogP contribution in [0.15, 0.2) is 48.6 Å². The number of fused-ring (bicyclic) bond motifs is 1. The van der Waals surface area contributed by atoms with Crippen molar-refractivity contribution in [3.63, 3.8) is 0 Å². The molecule has 0 saturated carbocycles. The largest absolute Gasteiger partial charge is 0.434 e. The van der Waals surface area contributed by atoms with Gasteiger partial charge in [0.1, 0.15) is 17.0 Å². The van der Waals surface area contributed by atoms with Crippen LogP contribution in [0.25, 0.3) is 11.2 Å². The molecule has 2 heterocycles. The van der Waals surface area contributed by atoms with Gasteiger partial charge in [-0.1, -0.05) is 11.6 Å². The average Bonchev–Trinajstić information content (AvgIpc) is 3.14. The number of nitrogens with zero attached hydrogens (tertiary/aromatic N) is 2. The minimum atomic E-state index is -3.10. The number of nitrogens with two attached hydrogens (primary N) is 1. The van der Waals surface area contributed by atoms with E-state index in [4.69, 9.17) is 22.7 Å². The van der Waals surface area contributed by atoms with Crippen molar-refractivity contribution in [2.24, 2.45) is 5.73 Å². The van der Waals surface area contributed by atoms with Crippen molar-refractivity contribution in [3.8, 4) is 5.75 Å². The molecule has 3 rings (SSSR count). The van der Waals surface area contributed by atoms with Gasteiger partial charge in [0, 0.05) is 23.0 Å². The Bertz CT molecular complexity index is 1080. The second-order valence-corrected chi connectivity index (χ2v) is 5.83. The lowest BCUT2D eigenvalue weighted by Gasteiger charge is -2.15. The first-order valence-electron chi connectivity index (χ1n) is 7.76. The first-order valence-corrected chi connectivity index (χ1v) is 8.14. The molecule has 5 N–H and O–H groups in total. The van der Waals surface area contributed by atoms with Crippen molar-refractivity contribution in [1.82, 2.24) is 20.3 Å². The van der Waals surface area contributed by atoms with Gasteiger partial charge >= 0.3 is 6.61 Å². The third kappa shape index (κ3) is 4.07. The second-order valence-electron chi connectivity index (χ2n) is 5.40. The lowest BCUT2D eigenvalue weighted by Crippen LogP contribution is -2.29. The molecule has 0 bridgehead atoms. The number of carbonyl (C=O) groups is 1. The number of hydrogen-bond donors (Lipinski definition) is 4. The van der Waals surface area contributed by atoms with E-state index in [9.17, 15) is 13.6 Å². The summed E-state index contributed by atoms with van der Waals surface area (Å²) in [6.45, 7) is -3.10. The lowest BCUT2D eigenvalue weighted by atomic mass is 10.1. The summed E-state index contributed by atoms with van der Waals surface area (Å²) in [6.07, 6.45) is 3.82. The molecular weight excluding hydrogens is 394 g/mol. The summed E-state index contributed by atoms with van der Waals surface area (Å²) < 4.78 is 29.7. The number of nitrogens with one attached hydrogen (secondary N) is 3. The van der Waals surface area contributed by atoms with Gasteiger partial charge in [0.2, 0.25) is 0 Å². The van der Waals surface area contributed by atoms with Crippen LogP contribution in [0.2, 0.25) is 5.02 Å². The molecule has 8 nitrogen and oxygen atoms in total. The van der Waals surface area contributed by atoms with E-state index in [1.54, 1.807) is 12.3 Å². The minimum absolute atomic E-state index is 0.0191. The van der Waals surface area contributed by atoms with Gasteiger partial charge in [0.15, 0.2) is 5.65 Å². The van der Waals surface area contributed by atoms with E-state index >= 15 is 0 Å². The molecule has 0 unspecified atom stereocenters. The van der Waals surface area contributed by atoms with Gasteiger partial charge < -0.3 is 20.8 Å². The van der Waals surface area contributed by atoms with Crippen molar-refractivity contribution >= 4 is 34.4 Å². The molecule has 11 heteroatoms. The number of halogens is 3. The van der Waals surface area contributed by atoms with Crippen LogP contribution in [0.3, 0.4) is 0 Å². The molecule has 0 saturated heterocycles. The molecule has 2 aromatic heterocycles. The highest BCUT2D eigenvalue weighted by Crippen LogP contribution is 2.26. The van der Waals surface area contributed by atoms with E-state index in [1.165, 1.54) is 24.4 Å². The standard InChI is InChI=1S/C17H13ClF2N6O2/c18-8-1-2-13(28-17(19)20)9(5-8)14(22)11(6-21)26-16(27)12-7-24-15-10(25-12)3-4-23-15/h1-7,17,22H,21H2,(H,23,24)(H,26,27)/b11-6+,22-14?. The van der Waals surface area contributed by atoms with E-state index in [0.29, 0.717) is 11.2 Å². The summed E-state index contributed by atoms with van der Waals surface area (Å²) >= 11 is 5.89. The molecule has 1 aromatic carbocycles. The van der Waals surface area contributed by atoms with Crippen LogP contribution in [0.5, 0.6) is 5.75 Å². The number of allylic oxidation sites excluding steroid dienone is 1. The van der Waals surface area contributed by atoms with E-state index in [1.807, 2.05) is 0 Å². The maximum atomic E-state index is 12.6. The Hall–Kier alpha value is -3.53. The zero-order valence-electron chi connectivity index (χ0n) is 14.0. The summed E-state index contributed by atoms with van der Waals surface area (Å²) in [6, 6.07) is 5.42. The normalized spacial score (nSPS) is 11.6. The molecule has 0 spiro atoms. The fourth-order valence-corrected chi connectivity index (χ4v) is 2.53. The van der Waals surface area contributed by atoms with Crippen molar-refractivity contribution in [2.75, 3.05) is 0 Å². The number of hydrogen-bond acceptors (Lipinski definition) is 6. The van der Waals surface area contributed by atoms with Crippen molar-refractivity contribution in [2.45, 2.75) is 6.61 Å². The van der Waals surface area contributed by atoms with Crippen LogP contribution >= 0.6 is 11.6 Å². The maximum absolute atomic E-state index is 12.6. The number of H-pyrrole nitrogens is 1. The third-order valence-corrected chi connectivity index (χ3v) is 3.84. The fourth-order valence-electron chi connectivity index (χ4n) is 2.36. The molecule has 3 aromatic rings. The monoisotopic (exact) mass is 406 g/mol. The smallest absolute Gasteiger partial charge is 0.387 e. The molecule has 0 atom stereocenters. The zero-order valence-corrected chi connectivity index (χ0v) is 14.8. The molecule has 0 aliphatic rings. The zero-order chi connectivity index (χ0) is 20.3.